The van der Waals surface area contributed by atoms with Crippen LogP contribution in [0.3, 0.4) is 0 Å². The van der Waals surface area contributed by atoms with Gasteiger partial charge in [0.2, 0.25) is 11.8 Å². The molecule has 2 N–H and O–H groups in total. The molecule has 0 aromatic carbocycles. The molecule has 8 nitrogen and oxygen atoms in total. The molecule has 3 saturated heterocycles. The van der Waals surface area contributed by atoms with Crippen LogP contribution in [0.2, 0.25) is 0 Å². The van der Waals surface area contributed by atoms with Gasteiger partial charge in [0.05, 0.1) is 30.8 Å². The minimum absolute atomic E-state index is 0.0178. The molecule has 8 heteroatoms. The van der Waals surface area contributed by atoms with Crippen LogP contribution in [-0.2, 0) is 23.9 Å². The van der Waals surface area contributed by atoms with E-state index >= 15 is 0 Å². The Labute approximate surface area is 197 Å². The van der Waals surface area contributed by atoms with Crippen molar-refractivity contribution in [3.05, 3.63) is 0 Å². The van der Waals surface area contributed by atoms with Crippen molar-refractivity contribution in [2.45, 2.75) is 96.9 Å². The Morgan fingerprint density at radius 2 is 2.00 bits per heavy atom. The number of amides is 2. The Morgan fingerprint density at radius 1 is 1.30 bits per heavy atom. The first kappa shape index (κ1) is 25.9. The van der Waals surface area contributed by atoms with E-state index in [0.717, 1.165) is 25.7 Å². The number of esters is 1. The molecule has 0 aromatic heterocycles. The molecular weight excluding hydrogens is 424 g/mol. The Hall–Kier alpha value is -1.67. The summed E-state index contributed by atoms with van der Waals surface area (Å²) in [6.45, 7) is 12.2. The number of hydrogen-bond acceptors (Lipinski definition) is 6. The highest BCUT2D eigenvalue weighted by Gasteiger charge is 2.80. The third-order valence-corrected chi connectivity index (χ3v) is 8.47. The maximum absolute atomic E-state index is 14.0. The van der Waals surface area contributed by atoms with Gasteiger partial charge < -0.3 is 24.8 Å². The van der Waals surface area contributed by atoms with Crippen LogP contribution in [0.15, 0.2) is 0 Å². The SMILES string of the molecule is CCCCCNC(=O)C1N([C@@H](CO)[C@@H](C)CC)C(=O)[C@@H]2[C@@H](C(=O)OCC)[C@]3(C)OC12CC3C. The van der Waals surface area contributed by atoms with Crippen molar-refractivity contribution < 1.29 is 29.0 Å². The topological polar surface area (TPSA) is 105 Å². The van der Waals surface area contributed by atoms with E-state index in [0.29, 0.717) is 13.0 Å². The smallest absolute Gasteiger partial charge is 0.312 e. The molecule has 0 radical (unpaired) electrons. The highest BCUT2D eigenvalue weighted by molar-refractivity contribution is 5.98. The average Bonchev–Trinajstić information content (AvgIpc) is 3.29. The summed E-state index contributed by atoms with van der Waals surface area (Å²) < 4.78 is 12.0. The number of carbonyl (C=O) groups excluding carboxylic acids is 3. The Morgan fingerprint density at radius 3 is 2.58 bits per heavy atom. The van der Waals surface area contributed by atoms with Crippen molar-refractivity contribution >= 4 is 17.8 Å². The van der Waals surface area contributed by atoms with Gasteiger partial charge in [0, 0.05) is 6.54 Å². The highest BCUT2D eigenvalue weighted by Crippen LogP contribution is 2.65. The number of nitrogens with one attached hydrogen (secondary N) is 1. The zero-order valence-corrected chi connectivity index (χ0v) is 21.1. The van der Waals surface area contributed by atoms with E-state index in [1.807, 2.05) is 27.7 Å². The van der Waals surface area contributed by atoms with Gasteiger partial charge in [-0.25, -0.2) is 0 Å². The van der Waals surface area contributed by atoms with E-state index in [2.05, 4.69) is 12.2 Å². The van der Waals surface area contributed by atoms with E-state index in [9.17, 15) is 19.5 Å². The number of hydrogen-bond donors (Lipinski definition) is 2. The third kappa shape index (κ3) is 3.97. The van der Waals surface area contributed by atoms with Crippen LogP contribution < -0.4 is 5.32 Å². The summed E-state index contributed by atoms with van der Waals surface area (Å²) in [5, 5.41) is 13.3. The van der Waals surface area contributed by atoms with Crippen LogP contribution in [0, 0.1) is 23.7 Å². The number of ether oxygens (including phenoxy) is 2. The fraction of sp³-hybridized carbons (Fsp3) is 0.880. The molecule has 0 aromatic rings. The summed E-state index contributed by atoms with van der Waals surface area (Å²) in [7, 11) is 0. The Balaban J connectivity index is 2.06. The summed E-state index contributed by atoms with van der Waals surface area (Å²) in [6.07, 6.45) is 4.15. The molecule has 188 valence electrons. The van der Waals surface area contributed by atoms with Gasteiger partial charge >= 0.3 is 5.97 Å². The molecule has 3 rings (SSSR count). The second-order valence-electron chi connectivity index (χ2n) is 10.3. The molecule has 8 atom stereocenters. The summed E-state index contributed by atoms with van der Waals surface area (Å²) >= 11 is 0. The third-order valence-electron chi connectivity index (χ3n) is 8.47. The van der Waals surface area contributed by atoms with Crippen LogP contribution in [0.1, 0.15) is 73.6 Å². The number of aliphatic hydroxyl groups is 1. The number of aliphatic hydroxyl groups excluding tert-OH is 1. The van der Waals surface area contributed by atoms with Crippen LogP contribution in [0.4, 0.5) is 0 Å². The quantitative estimate of drug-likeness (QED) is 0.358. The van der Waals surface area contributed by atoms with Gasteiger partial charge in [-0.1, -0.05) is 47.0 Å². The Bertz CT molecular complexity index is 759. The molecular formula is C25H42N2O6. The standard InChI is InChI=1S/C25H42N2O6/c1-7-10-11-12-26-21(29)20-25-13-16(5)24(6,33-25)19(23(31)32-9-3)18(25)22(30)27(20)17(14-28)15(4)8-2/h15-20,28H,7-14H2,1-6H3,(H,26,29)/t15-,16?,17-,18-,19-,20?,24+,25?/m0/s1. The molecule has 0 saturated carbocycles. The monoisotopic (exact) mass is 466 g/mol. The number of likely N-dealkylation sites (tertiary alicyclic amines) is 1. The molecule has 2 amide bonds. The van der Waals surface area contributed by atoms with E-state index in [1.165, 1.54) is 0 Å². The molecule has 2 bridgehead atoms. The molecule has 33 heavy (non-hydrogen) atoms. The molecule has 3 heterocycles. The summed E-state index contributed by atoms with van der Waals surface area (Å²) in [5.74, 6) is -2.59. The largest absolute Gasteiger partial charge is 0.466 e. The van der Waals surface area contributed by atoms with Gasteiger partial charge in [-0.15, -0.1) is 0 Å². The van der Waals surface area contributed by atoms with Crippen molar-refractivity contribution in [3.8, 4) is 0 Å². The second-order valence-corrected chi connectivity index (χ2v) is 10.3. The number of nitrogens with zero attached hydrogens (tertiary/aromatic N) is 1. The normalized spacial score (nSPS) is 36.6. The lowest BCUT2D eigenvalue weighted by Crippen LogP contribution is -2.59. The first-order valence-corrected chi connectivity index (χ1v) is 12.7. The van der Waals surface area contributed by atoms with Crippen LogP contribution in [0.25, 0.3) is 0 Å². The van der Waals surface area contributed by atoms with Crippen molar-refractivity contribution in [2.24, 2.45) is 23.7 Å². The van der Waals surface area contributed by atoms with Crippen LogP contribution >= 0.6 is 0 Å². The van der Waals surface area contributed by atoms with E-state index in [-0.39, 0.29) is 36.9 Å². The lowest BCUT2D eigenvalue weighted by molar-refractivity contribution is -0.162. The summed E-state index contributed by atoms with van der Waals surface area (Å²) in [6, 6.07) is -1.41. The maximum atomic E-state index is 14.0. The first-order valence-electron chi connectivity index (χ1n) is 12.7. The summed E-state index contributed by atoms with van der Waals surface area (Å²) in [4.78, 5) is 42.3. The maximum Gasteiger partial charge on any atom is 0.312 e. The highest BCUT2D eigenvalue weighted by atomic mass is 16.6. The molecule has 3 fully saturated rings. The van der Waals surface area contributed by atoms with Crippen molar-refractivity contribution in [2.75, 3.05) is 19.8 Å². The van der Waals surface area contributed by atoms with Gasteiger partial charge in [0.25, 0.3) is 0 Å². The van der Waals surface area contributed by atoms with Crippen molar-refractivity contribution in [3.63, 3.8) is 0 Å². The van der Waals surface area contributed by atoms with Gasteiger partial charge in [0.1, 0.15) is 17.6 Å². The lowest BCUT2D eigenvalue weighted by atomic mass is 9.62. The Kier molecular flexibility index (Phi) is 7.79. The zero-order valence-electron chi connectivity index (χ0n) is 21.1. The summed E-state index contributed by atoms with van der Waals surface area (Å²) in [5.41, 5.74) is -1.97. The second kappa shape index (κ2) is 9.90. The van der Waals surface area contributed by atoms with Gasteiger partial charge in [-0.3, -0.25) is 14.4 Å². The molecule has 3 unspecified atom stereocenters. The molecule has 3 aliphatic rings. The molecule has 1 spiro atoms. The minimum Gasteiger partial charge on any atom is -0.466 e. The van der Waals surface area contributed by atoms with Crippen LogP contribution in [0.5, 0.6) is 0 Å². The van der Waals surface area contributed by atoms with E-state index in [1.54, 1.807) is 11.8 Å². The fourth-order valence-corrected chi connectivity index (χ4v) is 6.42. The lowest BCUT2D eigenvalue weighted by Gasteiger charge is -2.39. The zero-order chi connectivity index (χ0) is 24.6. The number of rotatable bonds is 11. The van der Waals surface area contributed by atoms with Gasteiger partial charge in [0.15, 0.2) is 0 Å². The fourth-order valence-electron chi connectivity index (χ4n) is 6.42. The number of fused-ring (bicyclic) bond motifs is 1. The van der Waals surface area contributed by atoms with Crippen LogP contribution in [-0.4, -0.2) is 70.8 Å². The van der Waals surface area contributed by atoms with Crippen molar-refractivity contribution in [1.29, 1.82) is 0 Å². The number of unbranched alkanes of at least 4 members (excludes halogenated alkanes) is 2. The predicted octanol–water partition coefficient (Wildman–Crippen LogP) is 2.27. The van der Waals surface area contributed by atoms with Crippen molar-refractivity contribution in [1.82, 2.24) is 10.2 Å². The van der Waals surface area contributed by atoms with E-state index < -0.39 is 41.1 Å². The number of carbonyl (C=O) groups is 3. The van der Waals surface area contributed by atoms with Gasteiger partial charge in [-0.2, -0.15) is 0 Å². The molecule has 0 aliphatic carbocycles. The predicted molar refractivity (Wildman–Crippen MR) is 123 cm³/mol. The average molecular weight is 467 g/mol. The van der Waals surface area contributed by atoms with E-state index in [4.69, 9.17) is 9.47 Å². The molecule has 3 aliphatic heterocycles. The minimum atomic E-state index is -1.10. The van der Waals surface area contributed by atoms with Gasteiger partial charge in [-0.05, 0) is 38.5 Å². The first-order chi connectivity index (χ1) is 15.6.